The lowest BCUT2D eigenvalue weighted by molar-refractivity contribution is -0.195. The number of rotatable bonds is 13. The van der Waals surface area contributed by atoms with Crippen molar-refractivity contribution in [1.29, 1.82) is 0 Å². The molecule has 236 valence electrons. The van der Waals surface area contributed by atoms with Gasteiger partial charge in [-0.15, -0.1) is 0 Å². The van der Waals surface area contributed by atoms with Gasteiger partial charge < -0.3 is 34.1 Å². The number of fused-ring (bicyclic) bond motifs is 1. The van der Waals surface area contributed by atoms with Gasteiger partial charge in [-0.1, -0.05) is 48.5 Å². The van der Waals surface area contributed by atoms with Crippen molar-refractivity contribution in [3.63, 3.8) is 0 Å². The Bertz CT molecular complexity index is 1610. The van der Waals surface area contributed by atoms with Crippen molar-refractivity contribution >= 4 is 5.97 Å². The van der Waals surface area contributed by atoms with Crippen LogP contribution in [0.1, 0.15) is 34.2 Å². The summed E-state index contributed by atoms with van der Waals surface area (Å²) in [5, 5.41) is 24.3. The first-order valence-electron chi connectivity index (χ1n) is 14.9. The lowest BCUT2D eigenvalue weighted by Crippen LogP contribution is -2.45. The monoisotopic (exact) mass is 612 g/mol. The van der Waals surface area contributed by atoms with Crippen LogP contribution in [-0.4, -0.2) is 55.4 Å². The highest BCUT2D eigenvalue weighted by Crippen LogP contribution is 2.36. The normalized spacial score (nSPS) is 12.9. The number of esters is 1. The molecule has 4 aromatic carbocycles. The molecule has 0 aliphatic carbocycles. The van der Waals surface area contributed by atoms with E-state index in [1.54, 1.807) is 26.4 Å². The average molecular weight is 613 g/mol. The maximum absolute atomic E-state index is 11.5. The summed E-state index contributed by atoms with van der Waals surface area (Å²) >= 11 is 0. The van der Waals surface area contributed by atoms with Crippen molar-refractivity contribution in [3.8, 4) is 34.1 Å². The molecule has 0 saturated carbocycles. The number of nitrogens with one attached hydrogen (secondary N) is 1. The van der Waals surface area contributed by atoms with Gasteiger partial charge in [0.05, 0.1) is 26.2 Å². The second kappa shape index (κ2) is 14.1. The Kier molecular flexibility index (Phi) is 10.0. The number of methoxy groups -OCH3 is 2. The first kappa shape index (κ1) is 32.0. The van der Waals surface area contributed by atoms with E-state index in [2.05, 4.69) is 36.5 Å². The third-order valence-electron chi connectivity index (χ3n) is 8.08. The van der Waals surface area contributed by atoms with E-state index in [0.29, 0.717) is 49.1 Å². The van der Waals surface area contributed by atoms with Gasteiger partial charge in [-0.2, -0.15) is 0 Å². The average Bonchev–Trinajstić information content (AvgIpc) is 3.04. The van der Waals surface area contributed by atoms with Crippen molar-refractivity contribution in [2.24, 2.45) is 0 Å². The minimum atomic E-state index is -2.25. The van der Waals surface area contributed by atoms with Gasteiger partial charge >= 0.3 is 5.97 Å². The molecule has 9 nitrogen and oxygen atoms in total. The van der Waals surface area contributed by atoms with E-state index < -0.39 is 5.91 Å². The third kappa shape index (κ3) is 7.64. The van der Waals surface area contributed by atoms with Crippen molar-refractivity contribution in [1.82, 2.24) is 10.2 Å². The van der Waals surface area contributed by atoms with Gasteiger partial charge in [0.15, 0.2) is 0 Å². The summed E-state index contributed by atoms with van der Waals surface area (Å²) in [6.07, 6.45) is 0.760. The number of benzene rings is 4. The summed E-state index contributed by atoms with van der Waals surface area (Å²) in [6.45, 7) is 3.76. The molecule has 0 radical (unpaired) electrons. The maximum Gasteiger partial charge on any atom is 0.311 e. The molecule has 0 unspecified atom stereocenters. The molecule has 0 bridgehead atoms. The summed E-state index contributed by atoms with van der Waals surface area (Å²) in [5.41, 5.74) is 6.49. The van der Waals surface area contributed by atoms with Gasteiger partial charge in [0.25, 0.3) is 5.91 Å². The summed E-state index contributed by atoms with van der Waals surface area (Å²) in [7, 11) is 5.15. The van der Waals surface area contributed by atoms with Gasteiger partial charge in [-0.3, -0.25) is 10.1 Å². The molecule has 0 aromatic heterocycles. The number of nitrogens with zero attached hydrogens (tertiary/aromatic N) is 1. The summed E-state index contributed by atoms with van der Waals surface area (Å²) in [4.78, 5) is 13.5. The van der Waals surface area contributed by atoms with Gasteiger partial charge in [-0.05, 0) is 66.4 Å². The fraction of sp³-hybridized carbons (Fsp3) is 0.306. The molecule has 0 amide bonds. The molecule has 1 aliphatic heterocycles. The highest BCUT2D eigenvalue weighted by molar-refractivity contribution is 5.75. The van der Waals surface area contributed by atoms with Crippen molar-refractivity contribution in [2.75, 3.05) is 34.4 Å². The summed E-state index contributed by atoms with van der Waals surface area (Å²) in [5.74, 6) is -0.181. The van der Waals surface area contributed by atoms with Crippen LogP contribution in [-0.2, 0) is 30.3 Å². The van der Waals surface area contributed by atoms with Gasteiger partial charge in [0.2, 0.25) is 0 Å². The number of hydrogen-bond donors (Lipinski definition) is 3. The topological polar surface area (TPSA) is 110 Å². The van der Waals surface area contributed by atoms with Crippen molar-refractivity contribution < 1.29 is 34.0 Å². The summed E-state index contributed by atoms with van der Waals surface area (Å²) in [6, 6.07) is 25.0. The molecule has 5 rings (SSSR count). The van der Waals surface area contributed by atoms with E-state index >= 15 is 0 Å². The first-order chi connectivity index (χ1) is 21.7. The van der Waals surface area contributed by atoms with E-state index in [1.807, 2.05) is 48.3 Å². The Morgan fingerprint density at radius 3 is 2.38 bits per heavy atom. The van der Waals surface area contributed by atoms with Crippen LogP contribution in [0.15, 0.2) is 78.9 Å². The number of hydrogen-bond acceptors (Lipinski definition) is 9. The van der Waals surface area contributed by atoms with E-state index in [1.165, 1.54) is 22.8 Å². The van der Waals surface area contributed by atoms with E-state index in [9.17, 15) is 15.0 Å². The zero-order valence-corrected chi connectivity index (χ0v) is 26.1. The molecule has 1 heterocycles. The number of aliphatic hydroxyl groups is 2. The van der Waals surface area contributed by atoms with E-state index in [4.69, 9.17) is 18.9 Å². The standard InChI is InChI=1S/C36H40N2O7/c1-24-27(11-8-12-30(24)25-9-6-5-7-10-25)23-44-29-20-33(42-3)31(34(21-29)43-4)22-38(2)18-17-37-36(40,41)28-14-15-32-26(19-28)13-16-35(39)45-32/h5-12,14-15,19-21,37,40-41H,13,16-18,22-23H2,1-4H3. The van der Waals surface area contributed by atoms with Crippen molar-refractivity contribution in [2.45, 2.75) is 38.8 Å². The molecule has 0 atom stereocenters. The smallest absolute Gasteiger partial charge is 0.311 e. The SMILES string of the molecule is COc1cc(OCc2cccc(-c3ccccc3)c2C)cc(OC)c1CN(C)CCNC(O)(O)c1ccc2c(c1)CCC(=O)O2. The Balaban J connectivity index is 1.21. The zero-order valence-electron chi connectivity index (χ0n) is 26.1. The Morgan fingerprint density at radius 2 is 1.67 bits per heavy atom. The second-order valence-corrected chi connectivity index (χ2v) is 11.2. The number of carbonyl (C=O) groups excluding carboxylic acids is 1. The van der Waals surface area contributed by atoms with Crippen LogP contribution < -0.4 is 24.3 Å². The zero-order chi connectivity index (χ0) is 32.0. The first-order valence-corrected chi connectivity index (χ1v) is 14.9. The van der Waals surface area contributed by atoms with Crippen LogP contribution in [0.5, 0.6) is 23.0 Å². The Morgan fingerprint density at radius 1 is 0.933 bits per heavy atom. The molecular weight excluding hydrogens is 572 g/mol. The lowest BCUT2D eigenvalue weighted by Gasteiger charge is -2.27. The predicted octanol–water partition coefficient (Wildman–Crippen LogP) is 4.93. The van der Waals surface area contributed by atoms with E-state index in [0.717, 1.165) is 16.7 Å². The van der Waals surface area contributed by atoms with Crippen LogP contribution in [0.2, 0.25) is 0 Å². The van der Waals surface area contributed by atoms with Crippen LogP contribution >= 0.6 is 0 Å². The molecule has 4 aromatic rings. The molecule has 0 spiro atoms. The fourth-order valence-electron chi connectivity index (χ4n) is 5.50. The predicted molar refractivity (Wildman–Crippen MR) is 171 cm³/mol. The van der Waals surface area contributed by atoms with Crippen LogP contribution in [0.25, 0.3) is 11.1 Å². The Hall–Kier alpha value is -4.41. The molecular formula is C36H40N2O7. The fourth-order valence-corrected chi connectivity index (χ4v) is 5.50. The third-order valence-corrected chi connectivity index (χ3v) is 8.08. The lowest BCUT2D eigenvalue weighted by atomic mass is 9.97. The van der Waals surface area contributed by atoms with Gasteiger partial charge in [-0.25, -0.2) is 0 Å². The van der Waals surface area contributed by atoms with Crippen LogP contribution in [0, 0.1) is 6.92 Å². The second-order valence-electron chi connectivity index (χ2n) is 11.2. The molecule has 9 heteroatoms. The molecule has 0 fully saturated rings. The molecule has 0 saturated heterocycles. The van der Waals surface area contributed by atoms with Crippen LogP contribution in [0.4, 0.5) is 0 Å². The molecule has 45 heavy (non-hydrogen) atoms. The minimum Gasteiger partial charge on any atom is -0.496 e. The van der Waals surface area contributed by atoms with E-state index in [-0.39, 0.29) is 24.5 Å². The highest BCUT2D eigenvalue weighted by Gasteiger charge is 2.28. The number of aryl methyl sites for hydroxylation is 1. The molecule has 1 aliphatic rings. The number of carbonyl (C=O) groups is 1. The van der Waals surface area contributed by atoms with Gasteiger partial charge in [0, 0.05) is 37.3 Å². The Labute approximate surface area is 263 Å². The summed E-state index contributed by atoms with van der Waals surface area (Å²) < 4.78 is 22.9. The molecule has 3 N–H and O–H groups in total. The number of likely N-dealkylation sites (N-methyl/N-ethyl adjacent to an activating group) is 1. The largest absolute Gasteiger partial charge is 0.496 e. The highest BCUT2D eigenvalue weighted by atomic mass is 16.5. The van der Waals surface area contributed by atoms with Crippen LogP contribution in [0.3, 0.4) is 0 Å². The van der Waals surface area contributed by atoms with Crippen molar-refractivity contribution in [3.05, 3.63) is 107 Å². The minimum absolute atomic E-state index is 0.265. The van der Waals surface area contributed by atoms with Gasteiger partial charge in [0.1, 0.15) is 29.6 Å². The number of ether oxygens (including phenoxy) is 4. The maximum atomic E-state index is 11.5. The quantitative estimate of drug-likeness (QED) is 0.110.